The van der Waals surface area contributed by atoms with Gasteiger partial charge in [0.15, 0.2) is 6.29 Å². The molecule has 0 unspecified atom stereocenters. The molecule has 0 saturated carbocycles. The molecule has 1 rings (SSSR count). The second-order valence-corrected chi connectivity index (χ2v) is 3.51. The Labute approximate surface area is 90.8 Å². The molecule has 1 aromatic rings. The van der Waals surface area contributed by atoms with Crippen LogP contribution in [0.3, 0.4) is 0 Å². The highest BCUT2D eigenvalue weighted by Crippen LogP contribution is 2.18. The van der Waals surface area contributed by atoms with E-state index in [0.717, 1.165) is 5.56 Å². The highest BCUT2D eigenvalue weighted by atomic mass is 79.9. The molecule has 0 fully saturated rings. The summed E-state index contributed by atoms with van der Waals surface area (Å²) in [6.45, 7) is 1.85. The van der Waals surface area contributed by atoms with Crippen LogP contribution in [0.15, 0.2) is 18.2 Å². The molecular weight excluding hydrogens is 247 g/mol. The molecule has 0 atom stereocenters. The minimum atomic E-state index is -0.472. The van der Waals surface area contributed by atoms with Crippen molar-refractivity contribution in [1.82, 2.24) is 0 Å². The number of benzene rings is 1. The Balaban J connectivity index is 3.29. The number of aryl methyl sites for hydroxylation is 1. The first kappa shape index (κ1) is 11.1. The fourth-order valence-electron chi connectivity index (χ4n) is 1.22. The van der Waals surface area contributed by atoms with Crippen LogP contribution < -0.4 is 0 Å². The molecule has 0 bridgehead atoms. The van der Waals surface area contributed by atoms with Crippen molar-refractivity contribution in [2.24, 2.45) is 0 Å². The molecule has 0 aliphatic rings. The number of hydrogen-bond acceptors (Lipinski definition) is 1. The maximum Gasteiger partial charge on any atom is 0.153 e. The van der Waals surface area contributed by atoms with E-state index in [1.54, 1.807) is 12.1 Å². The number of carbonyl (C=O) groups is 1. The molecule has 14 heavy (non-hydrogen) atoms. The Morgan fingerprint density at radius 1 is 1.43 bits per heavy atom. The molecular formula is C11H10BrFO. The Morgan fingerprint density at radius 3 is 2.71 bits per heavy atom. The van der Waals surface area contributed by atoms with Gasteiger partial charge in [-0.2, -0.15) is 0 Å². The molecule has 1 nitrogen and oxygen atoms in total. The van der Waals surface area contributed by atoms with Crippen LogP contribution in [0.5, 0.6) is 0 Å². The summed E-state index contributed by atoms with van der Waals surface area (Å²) >= 11 is 3.23. The molecule has 0 radical (unpaired) electrons. The van der Waals surface area contributed by atoms with Crippen molar-refractivity contribution in [3.8, 4) is 0 Å². The average molecular weight is 257 g/mol. The van der Waals surface area contributed by atoms with Gasteiger partial charge in [0, 0.05) is 5.33 Å². The standard InChI is InChI=1S/C11H10BrFO/c1-8-4-5-11(13)10(7-14)9(8)3-2-6-12/h2-5,7H,6H2,1H3. The largest absolute Gasteiger partial charge is 0.298 e. The summed E-state index contributed by atoms with van der Waals surface area (Å²) in [5.41, 5.74) is 1.67. The average Bonchev–Trinajstić information content (AvgIpc) is 2.19. The van der Waals surface area contributed by atoms with E-state index < -0.39 is 5.82 Å². The van der Waals surface area contributed by atoms with Gasteiger partial charge in [0.2, 0.25) is 0 Å². The molecule has 0 aromatic heterocycles. The first-order valence-electron chi connectivity index (χ1n) is 4.17. The molecule has 0 saturated heterocycles. The number of allylic oxidation sites excluding steroid dienone is 1. The van der Waals surface area contributed by atoms with Gasteiger partial charge in [-0.25, -0.2) is 4.39 Å². The van der Waals surface area contributed by atoms with Crippen molar-refractivity contribution < 1.29 is 9.18 Å². The summed E-state index contributed by atoms with van der Waals surface area (Å²) < 4.78 is 13.2. The van der Waals surface area contributed by atoms with E-state index in [1.165, 1.54) is 6.07 Å². The summed E-state index contributed by atoms with van der Waals surface area (Å²) in [7, 11) is 0. The molecule has 0 amide bonds. The number of hydrogen-bond donors (Lipinski definition) is 0. The SMILES string of the molecule is Cc1ccc(F)c(C=O)c1C=CCBr. The molecule has 0 spiro atoms. The molecule has 0 N–H and O–H groups in total. The Morgan fingerprint density at radius 2 is 2.14 bits per heavy atom. The third-order valence-corrected chi connectivity index (χ3v) is 2.32. The first-order chi connectivity index (χ1) is 6.70. The topological polar surface area (TPSA) is 17.1 Å². The monoisotopic (exact) mass is 256 g/mol. The van der Waals surface area contributed by atoms with Crippen LogP contribution in [0.25, 0.3) is 6.08 Å². The van der Waals surface area contributed by atoms with Crippen LogP contribution in [-0.2, 0) is 0 Å². The normalized spacial score (nSPS) is 10.8. The second kappa shape index (κ2) is 5.05. The lowest BCUT2D eigenvalue weighted by Gasteiger charge is -2.04. The predicted molar refractivity (Wildman–Crippen MR) is 59.4 cm³/mol. The molecule has 1 aromatic carbocycles. The molecule has 0 heterocycles. The maximum atomic E-state index is 13.2. The van der Waals surface area contributed by atoms with Gasteiger partial charge in [0.05, 0.1) is 5.56 Å². The lowest BCUT2D eigenvalue weighted by Crippen LogP contribution is -1.95. The van der Waals surface area contributed by atoms with E-state index in [0.29, 0.717) is 17.2 Å². The zero-order valence-electron chi connectivity index (χ0n) is 7.76. The van der Waals surface area contributed by atoms with Crippen molar-refractivity contribution >= 4 is 28.3 Å². The van der Waals surface area contributed by atoms with Gasteiger partial charge in [-0.1, -0.05) is 34.1 Å². The smallest absolute Gasteiger partial charge is 0.153 e. The minimum Gasteiger partial charge on any atom is -0.298 e. The lowest BCUT2D eigenvalue weighted by molar-refractivity contribution is 0.111. The highest BCUT2D eigenvalue weighted by Gasteiger charge is 2.07. The van der Waals surface area contributed by atoms with E-state index in [9.17, 15) is 9.18 Å². The van der Waals surface area contributed by atoms with E-state index >= 15 is 0 Å². The van der Waals surface area contributed by atoms with Gasteiger partial charge >= 0.3 is 0 Å². The van der Waals surface area contributed by atoms with E-state index in [2.05, 4.69) is 15.9 Å². The Bertz CT molecular complexity index is 372. The van der Waals surface area contributed by atoms with Gasteiger partial charge in [-0.05, 0) is 24.1 Å². The van der Waals surface area contributed by atoms with Crippen molar-refractivity contribution in [3.05, 3.63) is 40.7 Å². The van der Waals surface area contributed by atoms with Gasteiger partial charge in [-0.3, -0.25) is 4.79 Å². The summed E-state index contributed by atoms with van der Waals surface area (Å²) in [6.07, 6.45) is 4.13. The van der Waals surface area contributed by atoms with Crippen LogP contribution in [0.2, 0.25) is 0 Å². The van der Waals surface area contributed by atoms with Crippen molar-refractivity contribution in [1.29, 1.82) is 0 Å². The first-order valence-corrected chi connectivity index (χ1v) is 5.29. The molecule has 3 heteroatoms. The summed E-state index contributed by atoms with van der Waals surface area (Å²) in [6, 6.07) is 2.97. The Hall–Kier alpha value is -0.960. The van der Waals surface area contributed by atoms with Gasteiger partial charge in [-0.15, -0.1) is 0 Å². The van der Waals surface area contributed by atoms with Crippen molar-refractivity contribution in [2.75, 3.05) is 5.33 Å². The number of aldehydes is 1. The number of carbonyl (C=O) groups excluding carboxylic acids is 1. The fraction of sp³-hybridized carbons (Fsp3) is 0.182. The second-order valence-electron chi connectivity index (χ2n) is 2.87. The highest BCUT2D eigenvalue weighted by molar-refractivity contribution is 9.09. The van der Waals surface area contributed by atoms with Gasteiger partial charge < -0.3 is 0 Å². The van der Waals surface area contributed by atoms with Crippen LogP contribution >= 0.6 is 15.9 Å². The minimum absolute atomic E-state index is 0.127. The fourth-order valence-corrected chi connectivity index (χ4v) is 1.41. The third-order valence-electron chi connectivity index (χ3n) is 1.94. The number of halogens is 2. The summed E-state index contributed by atoms with van der Waals surface area (Å²) in [5.74, 6) is -0.472. The lowest BCUT2D eigenvalue weighted by atomic mass is 10.0. The van der Waals surface area contributed by atoms with E-state index in [4.69, 9.17) is 0 Å². The van der Waals surface area contributed by atoms with Crippen molar-refractivity contribution in [3.63, 3.8) is 0 Å². The zero-order valence-corrected chi connectivity index (χ0v) is 9.34. The van der Waals surface area contributed by atoms with Gasteiger partial charge in [0.1, 0.15) is 5.82 Å². The molecule has 0 aliphatic heterocycles. The van der Waals surface area contributed by atoms with E-state index in [-0.39, 0.29) is 5.56 Å². The third kappa shape index (κ3) is 2.29. The van der Waals surface area contributed by atoms with Crippen LogP contribution in [0.1, 0.15) is 21.5 Å². The molecule has 74 valence electrons. The zero-order chi connectivity index (χ0) is 10.6. The molecule has 0 aliphatic carbocycles. The summed E-state index contributed by atoms with van der Waals surface area (Å²) in [4.78, 5) is 10.7. The number of alkyl halides is 1. The number of rotatable bonds is 3. The van der Waals surface area contributed by atoms with Crippen molar-refractivity contribution in [2.45, 2.75) is 6.92 Å². The van der Waals surface area contributed by atoms with Crippen LogP contribution in [0, 0.1) is 12.7 Å². The quantitative estimate of drug-likeness (QED) is 0.599. The van der Waals surface area contributed by atoms with E-state index in [1.807, 2.05) is 13.0 Å². The van der Waals surface area contributed by atoms with Crippen LogP contribution in [0.4, 0.5) is 4.39 Å². The maximum absolute atomic E-state index is 13.2. The Kier molecular flexibility index (Phi) is 4.01. The summed E-state index contributed by atoms with van der Waals surface area (Å²) in [5, 5.41) is 0.682. The van der Waals surface area contributed by atoms with Crippen LogP contribution in [-0.4, -0.2) is 11.6 Å². The van der Waals surface area contributed by atoms with Gasteiger partial charge in [0.25, 0.3) is 0 Å². The predicted octanol–water partition coefficient (Wildman–Crippen LogP) is 3.35.